The van der Waals surface area contributed by atoms with E-state index in [4.69, 9.17) is 4.74 Å². The minimum absolute atomic E-state index is 0.00178. The van der Waals surface area contributed by atoms with Crippen LogP contribution in [0.2, 0.25) is 0 Å². The molecular weight excluding hydrogens is 301 g/mol. The Morgan fingerprint density at radius 2 is 1.95 bits per heavy atom. The third-order valence-corrected chi connectivity index (χ3v) is 2.79. The number of likely N-dealkylation sites (N-methyl/N-ethyl adjacent to an activating group) is 1. The quantitative estimate of drug-likeness (QED) is 0.801. The first-order valence-corrected chi connectivity index (χ1v) is 6.55. The van der Waals surface area contributed by atoms with E-state index in [1.165, 1.54) is 19.2 Å². The number of ether oxygens (including phenoxy) is 1. The molecule has 8 heteroatoms. The van der Waals surface area contributed by atoms with Gasteiger partial charge in [0.25, 0.3) is 0 Å². The summed E-state index contributed by atoms with van der Waals surface area (Å²) in [6, 6.07) is 4.20. The van der Waals surface area contributed by atoms with Gasteiger partial charge in [0.05, 0.1) is 24.8 Å². The van der Waals surface area contributed by atoms with E-state index in [2.05, 4.69) is 5.32 Å². The SMILES string of the molecule is COCC(O)CN(C)CC(=O)Nc1ccc(C(F)(F)F)cc1. The second-order valence-corrected chi connectivity index (χ2v) is 4.93. The van der Waals surface area contributed by atoms with Crippen molar-refractivity contribution in [1.82, 2.24) is 4.90 Å². The Morgan fingerprint density at radius 1 is 1.36 bits per heavy atom. The zero-order chi connectivity index (χ0) is 16.8. The Kier molecular flexibility index (Phi) is 6.79. The number of methoxy groups -OCH3 is 1. The van der Waals surface area contributed by atoms with Crippen molar-refractivity contribution in [1.29, 1.82) is 0 Å². The molecule has 5 nitrogen and oxygen atoms in total. The van der Waals surface area contributed by atoms with E-state index < -0.39 is 17.8 Å². The molecule has 0 aliphatic rings. The van der Waals surface area contributed by atoms with Crippen LogP contribution in [-0.4, -0.2) is 55.9 Å². The molecule has 124 valence electrons. The molecule has 1 aromatic carbocycles. The standard InChI is InChI=1S/C14H19F3N2O3/c1-19(7-12(20)9-22-2)8-13(21)18-11-5-3-10(4-6-11)14(15,16)17/h3-6,12,20H,7-9H2,1-2H3,(H,18,21). The Labute approximate surface area is 126 Å². The van der Waals surface area contributed by atoms with Crippen LogP contribution in [0.5, 0.6) is 0 Å². The molecule has 0 heterocycles. The molecule has 0 saturated heterocycles. The van der Waals surface area contributed by atoms with E-state index in [0.717, 1.165) is 12.1 Å². The lowest BCUT2D eigenvalue weighted by Crippen LogP contribution is -2.37. The van der Waals surface area contributed by atoms with Gasteiger partial charge in [-0.2, -0.15) is 13.2 Å². The molecule has 0 aliphatic carbocycles. The molecule has 2 N–H and O–H groups in total. The molecule has 0 spiro atoms. The maximum Gasteiger partial charge on any atom is 0.416 e. The Balaban J connectivity index is 2.48. The molecule has 0 fully saturated rings. The fourth-order valence-corrected chi connectivity index (χ4v) is 1.86. The van der Waals surface area contributed by atoms with Crippen LogP contribution < -0.4 is 5.32 Å². The van der Waals surface area contributed by atoms with Crippen molar-refractivity contribution < 1.29 is 27.8 Å². The highest BCUT2D eigenvalue weighted by molar-refractivity contribution is 5.92. The highest BCUT2D eigenvalue weighted by atomic mass is 19.4. The summed E-state index contributed by atoms with van der Waals surface area (Å²) in [6.45, 7) is 0.404. The largest absolute Gasteiger partial charge is 0.416 e. The third kappa shape index (κ3) is 6.42. The summed E-state index contributed by atoms with van der Waals surface area (Å²) in [4.78, 5) is 13.3. The molecular formula is C14H19F3N2O3. The molecule has 0 aromatic heterocycles. The van der Waals surface area contributed by atoms with Crippen LogP contribution in [0.25, 0.3) is 0 Å². The number of rotatable bonds is 7. The van der Waals surface area contributed by atoms with E-state index in [1.807, 2.05) is 0 Å². The first-order valence-electron chi connectivity index (χ1n) is 6.55. The summed E-state index contributed by atoms with van der Waals surface area (Å²) in [5.74, 6) is -0.383. The summed E-state index contributed by atoms with van der Waals surface area (Å²) in [7, 11) is 3.10. The summed E-state index contributed by atoms with van der Waals surface area (Å²) < 4.78 is 42.0. The zero-order valence-electron chi connectivity index (χ0n) is 12.4. The van der Waals surface area contributed by atoms with Gasteiger partial charge in [0.15, 0.2) is 0 Å². The van der Waals surface area contributed by atoms with Crippen LogP contribution in [0, 0.1) is 0 Å². The Bertz CT molecular complexity index is 477. The molecule has 0 bridgehead atoms. The van der Waals surface area contributed by atoms with E-state index in [1.54, 1.807) is 11.9 Å². The van der Waals surface area contributed by atoms with E-state index >= 15 is 0 Å². The highest BCUT2D eigenvalue weighted by Gasteiger charge is 2.29. The number of carbonyl (C=O) groups is 1. The number of hydrogen-bond donors (Lipinski definition) is 2. The summed E-state index contributed by atoms with van der Waals surface area (Å²) in [5, 5.41) is 12.0. The van der Waals surface area contributed by atoms with E-state index in [0.29, 0.717) is 0 Å². The van der Waals surface area contributed by atoms with Crippen LogP contribution in [0.3, 0.4) is 0 Å². The number of nitrogens with zero attached hydrogens (tertiary/aromatic N) is 1. The number of hydrogen-bond acceptors (Lipinski definition) is 4. The van der Waals surface area contributed by atoms with E-state index in [-0.39, 0.29) is 31.3 Å². The Morgan fingerprint density at radius 3 is 2.45 bits per heavy atom. The fourth-order valence-electron chi connectivity index (χ4n) is 1.86. The number of aliphatic hydroxyl groups is 1. The molecule has 0 aliphatic heterocycles. The number of halogens is 3. The first kappa shape index (κ1) is 18.4. The maximum atomic E-state index is 12.4. The number of aliphatic hydroxyl groups excluding tert-OH is 1. The number of nitrogens with one attached hydrogen (secondary N) is 1. The summed E-state index contributed by atoms with van der Waals surface area (Å²) in [6.07, 6.45) is -5.12. The van der Waals surface area contributed by atoms with Gasteiger partial charge in [0.2, 0.25) is 5.91 Å². The molecule has 1 amide bonds. The molecule has 1 aromatic rings. The monoisotopic (exact) mass is 320 g/mol. The lowest BCUT2D eigenvalue weighted by atomic mass is 10.2. The van der Waals surface area contributed by atoms with Crippen molar-refractivity contribution in [3.05, 3.63) is 29.8 Å². The van der Waals surface area contributed by atoms with Gasteiger partial charge in [-0.25, -0.2) is 0 Å². The summed E-state index contributed by atoms with van der Waals surface area (Å²) in [5.41, 5.74) is -0.492. The van der Waals surface area contributed by atoms with Gasteiger partial charge in [-0.05, 0) is 31.3 Å². The zero-order valence-corrected chi connectivity index (χ0v) is 12.4. The highest BCUT2D eigenvalue weighted by Crippen LogP contribution is 2.29. The topological polar surface area (TPSA) is 61.8 Å². The third-order valence-electron chi connectivity index (χ3n) is 2.79. The first-order chi connectivity index (χ1) is 10.2. The second-order valence-electron chi connectivity index (χ2n) is 4.93. The minimum Gasteiger partial charge on any atom is -0.389 e. The van der Waals surface area contributed by atoms with Crippen molar-refractivity contribution in [2.45, 2.75) is 12.3 Å². The number of anilines is 1. The normalized spacial score (nSPS) is 13.2. The number of carbonyl (C=O) groups excluding carboxylic acids is 1. The van der Waals surface area contributed by atoms with Crippen molar-refractivity contribution in [3.8, 4) is 0 Å². The van der Waals surface area contributed by atoms with Gasteiger partial charge in [0.1, 0.15) is 0 Å². The van der Waals surface area contributed by atoms with Gasteiger partial charge in [-0.3, -0.25) is 9.69 Å². The number of benzene rings is 1. The Hall–Kier alpha value is -1.64. The van der Waals surface area contributed by atoms with Crippen LogP contribution in [0.1, 0.15) is 5.56 Å². The maximum absolute atomic E-state index is 12.4. The van der Waals surface area contributed by atoms with Crippen LogP contribution in [-0.2, 0) is 15.7 Å². The van der Waals surface area contributed by atoms with Gasteiger partial charge in [-0.15, -0.1) is 0 Å². The second kappa shape index (κ2) is 8.11. The van der Waals surface area contributed by atoms with E-state index in [9.17, 15) is 23.1 Å². The van der Waals surface area contributed by atoms with Gasteiger partial charge < -0.3 is 15.2 Å². The van der Waals surface area contributed by atoms with Crippen molar-refractivity contribution in [2.24, 2.45) is 0 Å². The van der Waals surface area contributed by atoms with Crippen molar-refractivity contribution >= 4 is 11.6 Å². The average Bonchev–Trinajstić information content (AvgIpc) is 2.37. The van der Waals surface area contributed by atoms with Gasteiger partial charge in [0, 0.05) is 19.3 Å². The molecule has 22 heavy (non-hydrogen) atoms. The van der Waals surface area contributed by atoms with Crippen LogP contribution in [0.4, 0.5) is 18.9 Å². The van der Waals surface area contributed by atoms with Crippen LogP contribution >= 0.6 is 0 Å². The lowest BCUT2D eigenvalue weighted by Gasteiger charge is -2.19. The van der Waals surface area contributed by atoms with Gasteiger partial charge >= 0.3 is 6.18 Å². The minimum atomic E-state index is -4.40. The predicted molar refractivity (Wildman–Crippen MR) is 75.5 cm³/mol. The molecule has 1 unspecified atom stereocenters. The van der Waals surface area contributed by atoms with Gasteiger partial charge in [-0.1, -0.05) is 0 Å². The van der Waals surface area contributed by atoms with Crippen molar-refractivity contribution in [2.75, 3.05) is 39.2 Å². The molecule has 1 rings (SSSR count). The summed E-state index contributed by atoms with van der Waals surface area (Å²) >= 11 is 0. The fraction of sp³-hybridized carbons (Fsp3) is 0.500. The lowest BCUT2D eigenvalue weighted by molar-refractivity contribution is -0.137. The number of alkyl halides is 3. The number of amides is 1. The predicted octanol–water partition coefficient (Wildman–Crippen LogP) is 1.58. The van der Waals surface area contributed by atoms with Crippen molar-refractivity contribution in [3.63, 3.8) is 0 Å². The average molecular weight is 320 g/mol. The smallest absolute Gasteiger partial charge is 0.389 e. The molecule has 0 radical (unpaired) electrons. The molecule has 0 saturated carbocycles. The molecule has 1 atom stereocenters. The van der Waals surface area contributed by atoms with Crippen LogP contribution in [0.15, 0.2) is 24.3 Å².